The zero-order chi connectivity index (χ0) is 16.4. The second-order valence-electron chi connectivity index (χ2n) is 4.80. The van der Waals surface area contributed by atoms with Crippen LogP contribution in [-0.4, -0.2) is 35.1 Å². The summed E-state index contributed by atoms with van der Waals surface area (Å²) in [6, 6.07) is 7.63. The van der Waals surface area contributed by atoms with E-state index in [1.54, 1.807) is 12.1 Å². The third-order valence-electron chi connectivity index (χ3n) is 3.19. The Morgan fingerprint density at radius 1 is 1.43 bits per heavy atom. The topological polar surface area (TPSA) is 91.8 Å². The Labute approximate surface area is 136 Å². The summed E-state index contributed by atoms with van der Waals surface area (Å²) < 4.78 is 5.26. The minimum absolute atomic E-state index is 0.116. The van der Waals surface area contributed by atoms with E-state index in [0.29, 0.717) is 10.8 Å². The van der Waals surface area contributed by atoms with Crippen LogP contribution in [0, 0.1) is 0 Å². The third kappa shape index (κ3) is 3.19. The molecule has 2 N–H and O–H groups in total. The zero-order valence-electron chi connectivity index (χ0n) is 11.8. The van der Waals surface area contributed by atoms with Gasteiger partial charge < -0.3 is 15.2 Å². The molecule has 0 radical (unpaired) electrons. The highest BCUT2D eigenvalue weighted by atomic mass is 35.5. The first kappa shape index (κ1) is 15.1. The van der Waals surface area contributed by atoms with Crippen molar-refractivity contribution >= 4 is 34.9 Å². The number of carbonyl (C=O) groups is 2. The van der Waals surface area contributed by atoms with Crippen molar-refractivity contribution in [2.24, 2.45) is 0 Å². The summed E-state index contributed by atoms with van der Waals surface area (Å²) in [5.41, 5.74) is 0.171. The van der Waals surface area contributed by atoms with Crippen molar-refractivity contribution in [3.63, 3.8) is 0 Å². The Morgan fingerprint density at radius 2 is 2.26 bits per heavy atom. The van der Waals surface area contributed by atoms with E-state index in [0.717, 1.165) is 0 Å². The fourth-order valence-corrected chi connectivity index (χ4v) is 2.31. The van der Waals surface area contributed by atoms with Gasteiger partial charge in [-0.25, -0.2) is 4.98 Å². The molecule has 0 aliphatic carbocycles. The summed E-state index contributed by atoms with van der Waals surface area (Å²) in [5.74, 6) is -0.259. The number of rotatable bonds is 3. The molecule has 23 heavy (non-hydrogen) atoms. The third-order valence-corrected chi connectivity index (χ3v) is 3.43. The van der Waals surface area contributed by atoms with E-state index >= 15 is 0 Å². The van der Waals surface area contributed by atoms with Crippen LogP contribution in [0.15, 0.2) is 36.5 Å². The number of hydrogen-bond donors (Lipinski definition) is 2. The van der Waals surface area contributed by atoms with Crippen LogP contribution >= 0.6 is 11.6 Å². The van der Waals surface area contributed by atoms with Gasteiger partial charge in [0.25, 0.3) is 5.91 Å². The number of aromatic hydroxyl groups is 1. The maximum absolute atomic E-state index is 12.2. The van der Waals surface area contributed by atoms with Gasteiger partial charge in [-0.05, 0) is 30.3 Å². The van der Waals surface area contributed by atoms with E-state index in [-0.39, 0.29) is 36.3 Å². The minimum Gasteiger partial charge on any atom is -0.506 e. The average molecular weight is 334 g/mol. The van der Waals surface area contributed by atoms with Gasteiger partial charge in [-0.15, -0.1) is 0 Å². The number of phenols is 1. The van der Waals surface area contributed by atoms with Crippen molar-refractivity contribution in [2.75, 3.05) is 23.4 Å². The molecule has 2 heterocycles. The lowest BCUT2D eigenvalue weighted by atomic mass is 10.2. The molecule has 0 spiro atoms. The molecule has 0 atom stereocenters. The number of anilines is 2. The van der Waals surface area contributed by atoms with Gasteiger partial charge >= 0.3 is 0 Å². The smallest absolute Gasteiger partial charge is 0.266 e. The first-order chi connectivity index (χ1) is 11.0. The first-order valence-corrected chi connectivity index (χ1v) is 7.09. The van der Waals surface area contributed by atoms with Gasteiger partial charge in [0.15, 0.2) is 18.2 Å². The van der Waals surface area contributed by atoms with E-state index in [9.17, 15) is 14.7 Å². The van der Waals surface area contributed by atoms with Crippen LogP contribution in [-0.2, 0) is 9.59 Å². The Balaban J connectivity index is 1.78. The normalized spacial score (nSPS) is 13.3. The number of phenolic OH excluding ortho intramolecular Hbond substituents is 1. The summed E-state index contributed by atoms with van der Waals surface area (Å²) in [4.78, 5) is 29.5. The summed E-state index contributed by atoms with van der Waals surface area (Å²) in [7, 11) is 0. The number of pyridine rings is 1. The summed E-state index contributed by atoms with van der Waals surface area (Å²) in [5, 5.41) is 12.6. The second-order valence-corrected chi connectivity index (χ2v) is 5.24. The number of hydrogen-bond acceptors (Lipinski definition) is 5. The van der Waals surface area contributed by atoms with Gasteiger partial charge in [0.05, 0.1) is 5.69 Å². The van der Waals surface area contributed by atoms with Crippen LogP contribution in [0.5, 0.6) is 11.5 Å². The van der Waals surface area contributed by atoms with Crippen molar-refractivity contribution in [3.05, 3.63) is 41.6 Å². The van der Waals surface area contributed by atoms with Crippen LogP contribution in [0.4, 0.5) is 11.5 Å². The highest BCUT2D eigenvalue weighted by Gasteiger charge is 2.28. The van der Waals surface area contributed by atoms with E-state index < -0.39 is 5.91 Å². The molecule has 1 aromatic heterocycles. The van der Waals surface area contributed by atoms with Crippen LogP contribution in [0.1, 0.15) is 0 Å². The first-order valence-electron chi connectivity index (χ1n) is 6.71. The van der Waals surface area contributed by atoms with E-state index in [1.165, 1.54) is 29.3 Å². The molecule has 118 valence electrons. The van der Waals surface area contributed by atoms with E-state index in [2.05, 4.69) is 10.3 Å². The molecule has 2 aromatic rings. The number of amides is 2. The number of fused-ring (bicyclic) bond motifs is 1. The molecule has 0 unspecified atom stereocenters. The Bertz CT molecular complexity index is 781. The van der Waals surface area contributed by atoms with Crippen LogP contribution < -0.4 is 15.0 Å². The van der Waals surface area contributed by atoms with Crippen LogP contribution in [0.3, 0.4) is 0 Å². The van der Waals surface area contributed by atoms with Crippen molar-refractivity contribution in [1.82, 2.24) is 4.98 Å². The fourth-order valence-electron chi connectivity index (χ4n) is 2.14. The van der Waals surface area contributed by atoms with Gasteiger partial charge in [0.2, 0.25) is 5.91 Å². The molecule has 3 rings (SSSR count). The molecular formula is C15H12ClN3O4. The van der Waals surface area contributed by atoms with Gasteiger partial charge in [-0.3, -0.25) is 14.5 Å². The minimum atomic E-state index is -0.491. The molecule has 0 fully saturated rings. The van der Waals surface area contributed by atoms with Gasteiger partial charge in [0, 0.05) is 11.2 Å². The van der Waals surface area contributed by atoms with E-state index in [1.807, 2.05) is 0 Å². The Hall–Kier alpha value is -2.80. The number of aromatic nitrogens is 1. The van der Waals surface area contributed by atoms with Crippen molar-refractivity contribution < 1.29 is 19.4 Å². The second kappa shape index (κ2) is 6.13. The standard InChI is InChI=1S/C15H12ClN3O4/c16-9-3-4-11(20)10(6-9)18-13(21)7-19-14(22)8-23-12-2-1-5-17-15(12)19/h1-6,20H,7-8H2,(H,18,21). The predicted octanol–water partition coefficient (Wildman–Crippen LogP) is 1.80. The lowest BCUT2D eigenvalue weighted by Crippen LogP contribution is -2.43. The lowest BCUT2D eigenvalue weighted by molar-refractivity contribution is -0.123. The largest absolute Gasteiger partial charge is 0.506 e. The number of carbonyl (C=O) groups excluding carboxylic acids is 2. The van der Waals surface area contributed by atoms with Gasteiger partial charge in [-0.2, -0.15) is 0 Å². The molecule has 2 amide bonds. The maximum Gasteiger partial charge on any atom is 0.266 e. The maximum atomic E-state index is 12.2. The average Bonchev–Trinajstić information content (AvgIpc) is 2.54. The number of halogens is 1. The Kier molecular flexibility index (Phi) is 4.03. The number of nitrogens with one attached hydrogen (secondary N) is 1. The van der Waals surface area contributed by atoms with Gasteiger partial charge in [-0.1, -0.05) is 11.6 Å². The molecule has 1 aliphatic rings. The SMILES string of the molecule is O=C(CN1C(=O)COc2cccnc21)Nc1cc(Cl)ccc1O. The lowest BCUT2D eigenvalue weighted by Gasteiger charge is -2.27. The van der Waals surface area contributed by atoms with Crippen molar-refractivity contribution in [3.8, 4) is 11.5 Å². The molecule has 0 saturated heterocycles. The molecule has 0 bridgehead atoms. The zero-order valence-corrected chi connectivity index (χ0v) is 12.6. The van der Waals surface area contributed by atoms with Crippen molar-refractivity contribution in [2.45, 2.75) is 0 Å². The van der Waals surface area contributed by atoms with Crippen LogP contribution in [0.25, 0.3) is 0 Å². The number of ether oxygens (including phenoxy) is 1. The highest BCUT2D eigenvalue weighted by Crippen LogP contribution is 2.29. The Morgan fingerprint density at radius 3 is 3.09 bits per heavy atom. The molecule has 0 saturated carbocycles. The summed E-state index contributed by atoms with van der Waals surface area (Å²) in [6.07, 6.45) is 1.51. The predicted molar refractivity (Wildman–Crippen MR) is 83.8 cm³/mol. The monoisotopic (exact) mass is 333 g/mol. The fraction of sp³-hybridized carbons (Fsp3) is 0.133. The van der Waals surface area contributed by atoms with Crippen LogP contribution in [0.2, 0.25) is 5.02 Å². The molecule has 1 aromatic carbocycles. The number of nitrogens with zero attached hydrogens (tertiary/aromatic N) is 2. The summed E-state index contributed by atoms with van der Waals surface area (Å²) >= 11 is 5.83. The molecule has 8 heteroatoms. The molecule has 1 aliphatic heterocycles. The molecular weight excluding hydrogens is 322 g/mol. The van der Waals surface area contributed by atoms with E-state index in [4.69, 9.17) is 16.3 Å². The number of benzene rings is 1. The van der Waals surface area contributed by atoms with Crippen molar-refractivity contribution in [1.29, 1.82) is 0 Å². The quantitative estimate of drug-likeness (QED) is 0.836. The highest BCUT2D eigenvalue weighted by molar-refractivity contribution is 6.31. The van der Waals surface area contributed by atoms with Gasteiger partial charge in [0.1, 0.15) is 12.3 Å². The molecule has 7 nitrogen and oxygen atoms in total. The summed E-state index contributed by atoms with van der Waals surface area (Å²) in [6.45, 7) is -0.410.